The molecule has 2 aromatic heterocycles. The number of nitrogens with zero attached hydrogens (tertiary/aromatic N) is 1. The highest BCUT2D eigenvalue weighted by atomic mass is 35.5. The summed E-state index contributed by atoms with van der Waals surface area (Å²) < 4.78 is 12.5. The predicted molar refractivity (Wildman–Crippen MR) is 93.7 cm³/mol. The van der Waals surface area contributed by atoms with Crippen molar-refractivity contribution in [3.05, 3.63) is 61.4 Å². The predicted octanol–water partition coefficient (Wildman–Crippen LogP) is 2.21. The molecule has 6 heteroatoms. The van der Waals surface area contributed by atoms with E-state index < -0.39 is 0 Å². The van der Waals surface area contributed by atoms with E-state index in [-0.39, 0.29) is 12.4 Å². The maximum absolute atomic E-state index is 11.5. The lowest BCUT2D eigenvalue weighted by Crippen LogP contribution is -2.12. The molecule has 4 rings (SSSR count). The van der Waals surface area contributed by atoms with Crippen LogP contribution in [0.5, 0.6) is 5.75 Å². The lowest BCUT2D eigenvalue weighted by Gasteiger charge is -2.01. The number of pyridine rings is 1. The summed E-state index contributed by atoms with van der Waals surface area (Å²) in [7, 11) is 1.37. The molecule has 3 heterocycles. The molecule has 0 aromatic carbocycles. The number of allylic oxidation sites excluding steroid dienone is 2. The van der Waals surface area contributed by atoms with Crippen molar-refractivity contribution in [2.75, 3.05) is 7.11 Å². The Balaban J connectivity index is 2.09. The molecule has 0 atom stereocenters. The van der Waals surface area contributed by atoms with Crippen LogP contribution >= 0.6 is 22.9 Å². The van der Waals surface area contributed by atoms with Crippen LogP contribution in [0, 0.1) is 9.75 Å². The molecule has 0 amide bonds. The van der Waals surface area contributed by atoms with Crippen LogP contribution in [-0.4, -0.2) is 18.1 Å². The van der Waals surface area contributed by atoms with Gasteiger partial charge >= 0.3 is 5.97 Å². The van der Waals surface area contributed by atoms with Crippen LogP contribution in [0.3, 0.4) is 0 Å². The van der Waals surface area contributed by atoms with Gasteiger partial charge in [-0.25, -0.2) is 0 Å². The van der Waals surface area contributed by atoms with E-state index in [2.05, 4.69) is 4.98 Å². The van der Waals surface area contributed by atoms with Gasteiger partial charge in [0.05, 0.1) is 35.1 Å². The van der Waals surface area contributed by atoms with Gasteiger partial charge in [-0.2, -0.15) is 0 Å². The second-order valence-corrected chi connectivity index (χ2v) is 6.77. The van der Waals surface area contributed by atoms with Crippen LogP contribution in [0.1, 0.15) is 11.3 Å². The summed E-state index contributed by atoms with van der Waals surface area (Å²) in [6.07, 6.45) is 11.2. The van der Waals surface area contributed by atoms with Crippen LogP contribution in [0.25, 0.3) is 17.2 Å². The summed E-state index contributed by atoms with van der Waals surface area (Å²) in [6.45, 7) is 0. The molecule has 2 aromatic rings. The molecule has 0 unspecified atom stereocenters. The van der Waals surface area contributed by atoms with Crippen molar-refractivity contribution in [1.82, 2.24) is 4.98 Å². The minimum absolute atomic E-state index is 0.124. The van der Waals surface area contributed by atoms with E-state index in [1.165, 1.54) is 7.11 Å². The van der Waals surface area contributed by atoms with Gasteiger partial charge in [0.1, 0.15) is 0 Å². The van der Waals surface area contributed by atoms with Gasteiger partial charge in [0.25, 0.3) is 0 Å². The van der Waals surface area contributed by atoms with Crippen molar-refractivity contribution in [2.24, 2.45) is 0 Å². The summed E-state index contributed by atoms with van der Waals surface area (Å²) in [6, 6.07) is 1.90. The van der Waals surface area contributed by atoms with Gasteiger partial charge in [-0.3, -0.25) is 9.78 Å². The third-order valence-electron chi connectivity index (χ3n) is 3.85. The Morgan fingerprint density at radius 3 is 3.08 bits per heavy atom. The number of thiophene rings is 1. The molecule has 0 radical (unpaired) electrons. The zero-order valence-corrected chi connectivity index (χ0v) is 14.3. The maximum Gasteiger partial charge on any atom is 0.311 e. The number of fused-ring (bicyclic) bond motifs is 4. The molecule has 4 nitrogen and oxygen atoms in total. The Bertz CT molecular complexity index is 1130. The number of hydrogen-bond acceptors (Lipinski definition) is 5. The first-order chi connectivity index (χ1) is 11.7. The molecule has 0 N–H and O–H groups in total. The summed E-state index contributed by atoms with van der Waals surface area (Å²) in [5.74, 6) is 0.508. The maximum atomic E-state index is 11.5. The summed E-state index contributed by atoms with van der Waals surface area (Å²) >= 11 is 8.04. The van der Waals surface area contributed by atoms with Gasteiger partial charge in [-0.1, -0.05) is 11.6 Å². The average Bonchev–Trinajstić information content (AvgIpc) is 2.91. The van der Waals surface area contributed by atoms with E-state index in [1.807, 2.05) is 30.4 Å². The van der Waals surface area contributed by atoms with E-state index in [0.717, 1.165) is 30.8 Å². The van der Waals surface area contributed by atoms with E-state index in [0.29, 0.717) is 10.7 Å². The Morgan fingerprint density at radius 1 is 1.38 bits per heavy atom. The zero-order chi connectivity index (χ0) is 16.7. The SMILES string of the molecule is COC(=O)Cc1cc2c(cn1)=C(Cl)C=Cc1c3c(sc1=2)=CC=CO3. The zero-order valence-electron chi connectivity index (χ0n) is 12.7. The monoisotopic (exact) mass is 357 g/mol. The minimum atomic E-state index is -0.323. The molecule has 24 heavy (non-hydrogen) atoms. The van der Waals surface area contributed by atoms with Crippen molar-refractivity contribution in [1.29, 1.82) is 0 Å². The largest absolute Gasteiger partial charge is 0.469 e. The quantitative estimate of drug-likeness (QED) is 0.773. The van der Waals surface area contributed by atoms with Crippen molar-refractivity contribution >= 4 is 46.1 Å². The molecule has 0 fully saturated rings. The number of rotatable bonds is 2. The molecule has 1 aliphatic carbocycles. The molecule has 0 spiro atoms. The standard InChI is InChI=1S/C18H12ClNO3S/c1-22-16(21)8-10-7-12-13(9-20-10)14(19)5-4-11-17-15(24-18(11)12)3-2-6-23-17/h2-7,9H,8H2,1H3. The Hall–Kier alpha value is -2.37. The van der Waals surface area contributed by atoms with Crippen LogP contribution < -0.4 is 14.5 Å². The van der Waals surface area contributed by atoms with Crippen LogP contribution in [0.4, 0.5) is 0 Å². The topological polar surface area (TPSA) is 48.4 Å². The molecule has 0 saturated heterocycles. The van der Waals surface area contributed by atoms with Gasteiger partial charge in [0, 0.05) is 26.7 Å². The van der Waals surface area contributed by atoms with E-state index in [1.54, 1.807) is 23.8 Å². The summed E-state index contributed by atoms with van der Waals surface area (Å²) in [4.78, 5) is 15.9. The smallest absolute Gasteiger partial charge is 0.311 e. The number of halogens is 1. The van der Waals surface area contributed by atoms with Crippen molar-refractivity contribution < 1.29 is 14.3 Å². The van der Waals surface area contributed by atoms with Gasteiger partial charge in [-0.15, -0.1) is 11.3 Å². The first kappa shape index (κ1) is 15.2. The van der Waals surface area contributed by atoms with Crippen LogP contribution in [0.2, 0.25) is 0 Å². The van der Waals surface area contributed by atoms with E-state index >= 15 is 0 Å². The Labute approximate surface area is 146 Å². The number of aromatic nitrogens is 1. The summed E-state index contributed by atoms with van der Waals surface area (Å²) in [5.41, 5.74) is 1.63. The van der Waals surface area contributed by atoms with Gasteiger partial charge in [-0.05, 0) is 30.4 Å². The number of hydrogen-bond donors (Lipinski definition) is 0. The second-order valence-electron chi connectivity index (χ2n) is 5.31. The van der Waals surface area contributed by atoms with Crippen molar-refractivity contribution in [3.63, 3.8) is 0 Å². The highest BCUT2D eigenvalue weighted by molar-refractivity contribution is 7.08. The fourth-order valence-electron chi connectivity index (χ4n) is 2.70. The number of carbonyl (C=O) groups excluding carboxylic acids is 1. The third-order valence-corrected chi connectivity index (χ3v) is 5.36. The normalized spacial score (nSPS) is 14.0. The lowest BCUT2D eigenvalue weighted by atomic mass is 10.2. The minimum Gasteiger partial charge on any atom is -0.469 e. The molecular weight excluding hydrogens is 346 g/mol. The highest BCUT2D eigenvalue weighted by Crippen LogP contribution is 2.26. The van der Waals surface area contributed by atoms with Crippen LogP contribution in [0.15, 0.2) is 30.7 Å². The number of carbonyl (C=O) groups is 1. The second kappa shape index (κ2) is 5.92. The molecule has 0 saturated carbocycles. The van der Waals surface area contributed by atoms with Gasteiger partial charge in [0.15, 0.2) is 5.75 Å². The fourth-order valence-corrected chi connectivity index (χ4v) is 4.08. The molecular formula is C18H12ClNO3S. The highest BCUT2D eigenvalue weighted by Gasteiger charge is 2.14. The van der Waals surface area contributed by atoms with Crippen LogP contribution in [-0.2, 0) is 16.0 Å². The van der Waals surface area contributed by atoms with Crippen molar-refractivity contribution in [3.8, 4) is 5.75 Å². The first-order valence-electron chi connectivity index (χ1n) is 7.27. The van der Waals surface area contributed by atoms with E-state index in [9.17, 15) is 4.79 Å². The van der Waals surface area contributed by atoms with E-state index in [4.69, 9.17) is 21.1 Å². The van der Waals surface area contributed by atoms with Gasteiger partial charge in [0.2, 0.25) is 0 Å². The fraction of sp³-hybridized carbons (Fsp3) is 0.111. The summed E-state index contributed by atoms with van der Waals surface area (Å²) in [5, 5.41) is 2.40. The molecule has 2 aliphatic rings. The number of ether oxygens (including phenoxy) is 2. The average molecular weight is 358 g/mol. The molecule has 120 valence electrons. The first-order valence-corrected chi connectivity index (χ1v) is 8.47. The third kappa shape index (κ3) is 2.46. The Morgan fingerprint density at radius 2 is 2.25 bits per heavy atom. The Kier molecular flexibility index (Phi) is 3.75. The van der Waals surface area contributed by atoms with Crippen molar-refractivity contribution in [2.45, 2.75) is 6.42 Å². The van der Waals surface area contributed by atoms with Gasteiger partial charge < -0.3 is 9.47 Å². The molecule has 0 bridgehead atoms. The lowest BCUT2D eigenvalue weighted by molar-refractivity contribution is -0.139. The molecule has 1 aliphatic heterocycles. The number of methoxy groups -OCH3 is 1. The number of esters is 1.